The Hall–Kier alpha value is 0.590. The number of hydrogen-bond acceptors (Lipinski definition) is 2. The first-order valence-electron chi connectivity index (χ1n) is 16.3. The number of rotatable bonds is 32. The SMILES string of the molecule is O=P(O)(O)OCCCCCCCCCCCCCCCCCCCCCCCCCCCCCCCBr. The number of halogens is 1. The largest absolute Gasteiger partial charge is 0.469 e. The van der Waals surface area contributed by atoms with Crippen LogP contribution in [-0.2, 0) is 9.09 Å². The Morgan fingerprint density at radius 2 is 0.568 bits per heavy atom. The Bertz CT molecular complexity index is 472. The van der Waals surface area contributed by atoms with Gasteiger partial charge in [0.05, 0.1) is 6.61 Å². The number of hydrogen-bond donors (Lipinski definition) is 2. The number of phosphoric acid groups is 1. The van der Waals surface area contributed by atoms with Crippen LogP contribution in [-0.4, -0.2) is 21.7 Å². The molecular formula is C31H64BrO4P. The normalized spacial score (nSPS) is 12.0. The molecule has 0 aliphatic heterocycles. The third kappa shape index (κ3) is 36.6. The Balaban J connectivity index is 3.04. The number of unbranched alkanes of at least 4 members (excludes halogenated alkanes) is 28. The summed E-state index contributed by atoms with van der Waals surface area (Å²) in [5.74, 6) is 0. The van der Waals surface area contributed by atoms with Crippen LogP contribution in [0.3, 0.4) is 0 Å². The molecule has 0 heterocycles. The third-order valence-corrected chi connectivity index (χ3v) is 8.62. The predicted octanol–water partition coefficient (Wildman–Crippen LogP) is 11.8. The zero-order chi connectivity index (χ0) is 27.1. The van der Waals surface area contributed by atoms with Crippen molar-refractivity contribution < 1.29 is 18.9 Å². The molecule has 0 aliphatic rings. The molecule has 0 saturated heterocycles. The van der Waals surface area contributed by atoms with Crippen LogP contribution in [0.4, 0.5) is 0 Å². The monoisotopic (exact) mass is 610 g/mol. The van der Waals surface area contributed by atoms with Gasteiger partial charge in [-0.2, -0.15) is 0 Å². The van der Waals surface area contributed by atoms with Crippen molar-refractivity contribution in [3.8, 4) is 0 Å². The van der Waals surface area contributed by atoms with Gasteiger partial charge in [0.25, 0.3) is 0 Å². The molecule has 0 aliphatic carbocycles. The van der Waals surface area contributed by atoms with Gasteiger partial charge in [0.15, 0.2) is 0 Å². The maximum absolute atomic E-state index is 10.6. The molecule has 6 heteroatoms. The van der Waals surface area contributed by atoms with Gasteiger partial charge in [0.2, 0.25) is 0 Å². The fourth-order valence-electron chi connectivity index (χ4n) is 5.15. The van der Waals surface area contributed by atoms with Crippen LogP contribution in [0.1, 0.15) is 186 Å². The second-order valence-electron chi connectivity index (χ2n) is 11.3. The zero-order valence-electron chi connectivity index (χ0n) is 24.5. The minimum absolute atomic E-state index is 0.170. The molecule has 0 atom stereocenters. The second-order valence-corrected chi connectivity index (χ2v) is 13.3. The highest BCUT2D eigenvalue weighted by atomic mass is 79.9. The third-order valence-electron chi connectivity index (χ3n) is 7.54. The first kappa shape index (κ1) is 37.6. The molecule has 0 radical (unpaired) electrons. The fourth-order valence-corrected chi connectivity index (χ4v) is 5.92. The predicted molar refractivity (Wildman–Crippen MR) is 166 cm³/mol. The van der Waals surface area contributed by atoms with Crippen LogP contribution < -0.4 is 0 Å². The summed E-state index contributed by atoms with van der Waals surface area (Å²) >= 11 is 3.51. The van der Waals surface area contributed by atoms with Gasteiger partial charge in [0, 0.05) is 5.33 Å². The van der Waals surface area contributed by atoms with E-state index in [1.54, 1.807) is 0 Å². The Kier molecular flexibility index (Phi) is 31.6. The van der Waals surface area contributed by atoms with E-state index in [2.05, 4.69) is 20.5 Å². The Morgan fingerprint density at radius 1 is 0.378 bits per heavy atom. The molecule has 224 valence electrons. The Morgan fingerprint density at radius 3 is 0.757 bits per heavy atom. The van der Waals surface area contributed by atoms with Gasteiger partial charge < -0.3 is 9.79 Å². The van der Waals surface area contributed by atoms with Gasteiger partial charge in [-0.3, -0.25) is 4.52 Å². The van der Waals surface area contributed by atoms with E-state index in [0.29, 0.717) is 0 Å². The molecule has 0 rings (SSSR count). The highest BCUT2D eigenvalue weighted by Crippen LogP contribution is 2.35. The van der Waals surface area contributed by atoms with Gasteiger partial charge in [-0.15, -0.1) is 0 Å². The van der Waals surface area contributed by atoms with E-state index in [9.17, 15) is 4.57 Å². The lowest BCUT2D eigenvalue weighted by Crippen LogP contribution is -1.92. The first-order chi connectivity index (χ1) is 18.1. The van der Waals surface area contributed by atoms with Crippen molar-refractivity contribution in [2.45, 2.75) is 186 Å². The van der Waals surface area contributed by atoms with Gasteiger partial charge in [-0.25, -0.2) is 4.57 Å². The van der Waals surface area contributed by atoms with Crippen molar-refractivity contribution in [1.29, 1.82) is 0 Å². The van der Waals surface area contributed by atoms with Crippen molar-refractivity contribution in [2.24, 2.45) is 0 Å². The summed E-state index contributed by atoms with van der Waals surface area (Å²) in [6.07, 6.45) is 39.7. The van der Waals surface area contributed by atoms with E-state index in [-0.39, 0.29) is 6.61 Å². The highest BCUT2D eigenvalue weighted by molar-refractivity contribution is 9.09. The summed E-state index contributed by atoms with van der Waals surface area (Å²) in [5.41, 5.74) is 0. The smallest absolute Gasteiger partial charge is 0.303 e. The zero-order valence-corrected chi connectivity index (χ0v) is 26.9. The summed E-state index contributed by atoms with van der Waals surface area (Å²) in [6.45, 7) is 0.170. The second kappa shape index (κ2) is 31.1. The summed E-state index contributed by atoms with van der Waals surface area (Å²) in [5, 5.41) is 1.17. The number of phosphoric ester groups is 1. The van der Waals surface area contributed by atoms with E-state index >= 15 is 0 Å². The molecule has 37 heavy (non-hydrogen) atoms. The summed E-state index contributed by atoms with van der Waals surface area (Å²) < 4.78 is 15.0. The summed E-state index contributed by atoms with van der Waals surface area (Å²) in [6, 6.07) is 0. The van der Waals surface area contributed by atoms with E-state index in [1.165, 1.54) is 172 Å². The molecule has 0 aromatic carbocycles. The average Bonchev–Trinajstić information content (AvgIpc) is 2.86. The van der Waals surface area contributed by atoms with E-state index in [0.717, 1.165) is 19.3 Å². The molecule has 0 amide bonds. The fraction of sp³-hybridized carbons (Fsp3) is 1.00. The van der Waals surface area contributed by atoms with Crippen molar-refractivity contribution in [1.82, 2.24) is 0 Å². The van der Waals surface area contributed by atoms with Crippen LogP contribution in [0.15, 0.2) is 0 Å². The van der Waals surface area contributed by atoms with Crippen molar-refractivity contribution in [3.63, 3.8) is 0 Å². The minimum atomic E-state index is -4.27. The molecule has 0 aromatic rings. The van der Waals surface area contributed by atoms with Crippen molar-refractivity contribution in [3.05, 3.63) is 0 Å². The maximum Gasteiger partial charge on any atom is 0.469 e. The van der Waals surface area contributed by atoms with Crippen molar-refractivity contribution >= 4 is 23.8 Å². The van der Waals surface area contributed by atoms with Gasteiger partial charge in [-0.05, 0) is 12.8 Å². The molecule has 0 fully saturated rings. The molecule has 0 bridgehead atoms. The molecule has 0 unspecified atom stereocenters. The van der Waals surface area contributed by atoms with E-state index < -0.39 is 7.82 Å². The summed E-state index contributed by atoms with van der Waals surface area (Å²) in [4.78, 5) is 17.2. The first-order valence-corrected chi connectivity index (χ1v) is 19.0. The average molecular weight is 612 g/mol. The van der Waals surface area contributed by atoms with Gasteiger partial charge in [0.1, 0.15) is 0 Å². The van der Waals surface area contributed by atoms with Crippen LogP contribution in [0.25, 0.3) is 0 Å². The van der Waals surface area contributed by atoms with Crippen LogP contribution in [0, 0.1) is 0 Å². The number of alkyl halides is 1. The standard InChI is InChI=1S/C31H64BrO4P/c32-30-28-26-24-22-20-18-16-14-12-10-8-6-4-2-1-3-5-7-9-11-13-15-17-19-21-23-25-27-29-31-36-37(33,34)35/h1-31H2,(H2,33,34,35). The lowest BCUT2D eigenvalue weighted by Gasteiger charge is -2.05. The highest BCUT2D eigenvalue weighted by Gasteiger charge is 2.12. The van der Waals surface area contributed by atoms with Crippen LogP contribution in [0.2, 0.25) is 0 Å². The van der Waals surface area contributed by atoms with E-state index in [1.807, 2.05) is 0 Å². The Labute approximate surface area is 240 Å². The molecule has 4 nitrogen and oxygen atoms in total. The summed E-state index contributed by atoms with van der Waals surface area (Å²) in [7, 11) is -4.27. The maximum atomic E-state index is 10.6. The van der Waals surface area contributed by atoms with Crippen LogP contribution >= 0.6 is 23.8 Å². The topological polar surface area (TPSA) is 66.8 Å². The molecule has 0 aromatic heterocycles. The van der Waals surface area contributed by atoms with Crippen molar-refractivity contribution in [2.75, 3.05) is 11.9 Å². The lowest BCUT2D eigenvalue weighted by molar-refractivity contribution is 0.193. The van der Waals surface area contributed by atoms with Gasteiger partial charge in [-0.1, -0.05) is 189 Å². The molecular weight excluding hydrogens is 547 g/mol. The van der Waals surface area contributed by atoms with E-state index in [4.69, 9.17) is 9.79 Å². The molecule has 0 spiro atoms. The van der Waals surface area contributed by atoms with Crippen LogP contribution in [0.5, 0.6) is 0 Å². The molecule has 2 N–H and O–H groups in total. The minimum Gasteiger partial charge on any atom is -0.303 e. The quantitative estimate of drug-likeness (QED) is 0.0451. The lowest BCUT2D eigenvalue weighted by atomic mass is 10.0. The van der Waals surface area contributed by atoms with Gasteiger partial charge >= 0.3 is 7.82 Å². The molecule has 0 saturated carbocycles.